The highest BCUT2D eigenvalue weighted by atomic mass is 14.2. The van der Waals surface area contributed by atoms with E-state index in [0.29, 0.717) is 11.8 Å². The minimum absolute atomic E-state index is 0.561. The summed E-state index contributed by atoms with van der Waals surface area (Å²) >= 11 is 0. The molecule has 0 spiro atoms. The highest BCUT2D eigenvalue weighted by Gasteiger charge is 2.15. The van der Waals surface area contributed by atoms with Gasteiger partial charge in [-0.3, -0.25) is 0 Å². The standard InChI is InChI=1S/C25H30/c1-3-5-6-7-21-10-14-23(15-11-21)25-18-16-24(17-19-25)22-12-8-20(4-2)9-13-22/h4,8,10-12,14-20,22H,2-3,5-7,9,13H2,1H3. The van der Waals surface area contributed by atoms with Crippen molar-refractivity contribution in [2.24, 2.45) is 5.92 Å². The van der Waals surface area contributed by atoms with Crippen LogP contribution in [0.1, 0.15) is 56.1 Å². The summed E-state index contributed by atoms with van der Waals surface area (Å²) in [5.41, 5.74) is 5.51. The van der Waals surface area contributed by atoms with Crippen LogP contribution in [0.4, 0.5) is 0 Å². The molecule has 0 aromatic heterocycles. The Morgan fingerprint density at radius 3 is 2.12 bits per heavy atom. The summed E-state index contributed by atoms with van der Waals surface area (Å²) in [6.07, 6.45) is 14.3. The minimum atomic E-state index is 0.561. The van der Waals surface area contributed by atoms with Crippen LogP contribution in [-0.2, 0) is 6.42 Å². The van der Waals surface area contributed by atoms with Gasteiger partial charge in [-0.2, -0.15) is 0 Å². The molecule has 2 aromatic rings. The van der Waals surface area contributed by atoms with Crippen molar-refractivity contribution >= 4 is 0 Å². The van der Waals surface area contributed by atoms with Gasteiger partial charge in [-0.05, 0) is 53.9 Å². The van der Waals surface area contributed by atoms with Gasteiger partial charge in [0.15, 0.2) is 0 Å². The average molecular weight is 331 g/mol. The average Bonchev–Trinajstić information content (AvgIpc) is 2.69. The van der Waals surface area contributed by atoms with Crippen molar-refractivity contribution in [2.75, 3.05) is 0 Å². The van der Waals surface area contributed by atoms with E-state index >= 15 is 0 Å². The van der Waals surface area contributed by atoms with Crippen LogP contribution in [0.3, 0.4) is 0 Å². The second kappa shape index (κ2) is 8.85. The largest absolute Gasteiger partial charge is 0.102 e. The first kappa shape index (κ1) is 17.7. The van der Waals surface area contributed by atoms with Crippen LogP contribution >= 0.6 is 0 Å². The van der Waals surface area contributed by atoms with Crippen molar-refractivity contribution < 1.29 is 0 Å². The Morgan fingerprint density at radius 2 is 1.56 bits per heavy atom. The molecule has 130 valence electrons. The molecule has 2 aromatic carbocycles. The number of aryl methyl sites for hydroxylation is 1. The zero-order chi connectivity index (χ0) is 17.5. The Labute approximate surface area is 153 Å². The summed E-state index contributed by atoms with van der Waals surface area (Å²) in [6.45, 7) is 6.16. The molecule has 0 saturated carbocycles. The third-order valence-electron chi connectivity index (χ3n) is 5.40. The number of allylic oxidation sites excluding steroid dienone is 3. The molecule has 0 saturated heterocycles. The highest BCUT2D eigenvalue weighted by Crippen LogP contribution is 2.32. The Kier molecular flexibility index (Phi) is 6.28. The first-order chi connectivity index (χ1) is 12.3. The lowest BCUT2D eigenvalue weighted by molar-refractivity contribution is 0.582. The van der Waals surface area contributed by atoms with Crippen LogP contribution in [0.25, 0.3) is 11.1 Å². The van der Waals surface area contributed by atoms with Crippen LogP contribution < -0.4 is 0 Å². The third-order valence-corrected chi connectivity index (χ3v) is 5.40. The van der Waals surface area contributed by atoms with Gasteiger partial charge in [0, 0.05) is 5.92 Å². The lowest BCUT2D eigenvalue weighted by atomic mass is 9.84. The van der Waals surface area contributed by atoms with Crippen LogP contribution in [0.5, 0.6) is 0 Å². The van der Waals surface area contributed by atoms with E-state index in [9.17, 15) is 0 Å². The molecule has 0 heteroatoms. The number of benzene rings is 2. The molecule has 3 rings (SSSR count). The predicted octanol–water partition coefficient (Wildman–Crippen LogP) is 7.32. The van der Waals surface area contributed by atoms with Crippen molar-refractivity contribution in [2.45, 2.75) is 51.4 Å². The molecule has 2 atom stereocenters. The molecule has 0 fully saturated rings. The summed E-state index contributed by atoms with van der Waals surface area (Å²) in [5.74, 6) is 1.12. The van der Waals surface area contributed by atoms with Gasteiger partial charge in [-0.1, -0.05) is 86.5 Å². The summed E-state index contributed by atoms with van der Waals surface area (Å²) < 4.78 is 0. The van der Waals surface area contributed by atoms with Gasteiger partial charge in [0.25, 0.3) is 0 Å². The fourth-order valence-electron chi connectivity index (χ4n) is 3.68. The lowest BCUT2D eigenvalue weighted by Gasteiger charge is -2.21. The Hall–Kier alpha value is -2.08. The van der Waals surface area contributed by atoms with Gasteiger partial charge < -0.3 is 0 Å². The molecule has 0 nitrogen and oxygen atoms in total. The molecular weight excluding hydrogens is 300 g/mol. The maximum Gasteiger partial charge on any atom is 0.00185 e. The number of rotatable bonds is 7. The third kappa shape index (κ3) is 4.72. The second-order valence-corrected chi connectivity index (χ2v) is 7.24. The molecule has 0 amide bonds. The minimum Gasteiger partial charge on any atom is -0.102 e. The first-order valence-electron chi connectivity index (χ1n) is 9.80. The molecule has 0 heterocycles. The topological polar surface area (TPSA) is 0 Å². The van der Waals surface area contributed by atoms with E-state index in [1.54, 1.807) is 0 Å². The molecule has 2 unspecified atom stereocenters. The Morgan fingerprint density at radius 1 is 0.880 bits per heavy atom. The Balaban J connectivity index is 1.65. The van der Waals surface area contributed by atoms with E-state index < -0.39 is 0 Å². The lowest BCUT2D eigenvalue weighted by Crippen LogP contribution is -2.05. The summed E-state index contributed by atoms with van der Waals surface area (Å²) in [5, 5.41) is 0. The Bertz CT molecular complexity index is 688. The van der Waals surface area contributed by atoms with Gasteiger partial charge in [-0.15, -0.1) is 6.58 Å². The zero-order valence-electron chi connectivity index (χ0n) is 15.5. The molecule has 0 radical (unpaired) electrons. The van der Waals surface area contributed by atoms with E-state index in [0.717, 1.165) is 0 Å². The van der Waals surface area contributed by atoms with Crippen molar-refractivity contribution in [1.82, 2.24) is 0 Å². The van der Waals surface area contributed by atoms with Crippen molar-refractivity contribution in [1.29, 1.82) is 0 Å². The number of hydrogen-bond acceptors (Lipinski definition) is 0. The zero-order valence-corrected chi connectivity index (χ0v) is 15.5. The van der Waals surface area contributed by atoms with Gasteiger partial charge >= 0.3 is 0 Å². The van der Waals surface area contributed by atoms with E-state index in [-0.39, 0.29) is 0 Å². The second-order valence-electron chi connectivity index (χ2n) is 7.24. The number of unbranched alkanes of at least 4 members (excludes halogenated alkanes) is 2. The quantitative estimate of drug-likeness (QED) is 0.368. The molecule has 1 aliphatic carbocycles. The van der Waals surface area contributed by atoms with E-state index in [4.69, 9.17) is 0 Å². The maximum absolute atomic E-state index is 3.90. The van der Waals surface area contributed by atoms with Crippen LogP contribution in [0.15, 0.2) is 73.3 Å². The van der Waals surface area contributed by atoms with Crippen LogP contribution in [-0.4, -0.2) is 0 Å². The molecule has 0 aliphatic heterocycles. The van der Waals surface area contributed by atoms with Crippen molar-refractivity contribution in [3.63, 3.8) is 0 Å². The molecule has 1 aliphatic rings. The maximum atomic E-state index is 3.90. The summed E-state index contributed by atoms with van der Waals surface area (Å²) in [4.78, 5) is 0. The number of hydrogen-bond donors (Lipinski definition) is 0. The normalized spacial score (nSPS) is 19.7. The first-order valence-corrected chi connectivity index (χ1v) is 9.80. The van der Waals surface area contributed by atoms with E-state index in [1.807, 2.05) is 0 Å². The fourth-order valence-corrected chi connectivity index (χ4v) is 3.68. The molecule has 0 bridgehead atoms. The van der Waals surface area contributed by atoms with Crippen LogP contribution in [0, 0.1) is 5.92 Å². The van der Waals surface area contributed by atoms with Gasteiger partial charge in [0.05, 0.1) is 0 Å². The van der Waals surface area contributed by atoms with Gasteiger partial charge in [-0.25, -0.2) is 0 Å². The predicted molar refractivity (Wildman–Crippen MR) is 110 cm³/mol. The fraction of sp³-hybridized carbons (Fsp3) is 0.360. The summed E-state index contributed by atoms with van der Waals surface area (Å²) in [6, 6.07) is 18.3. The molecular formula is C25H30. The van der Waals surface area contributed by atoms with E-state index in [2.05, 4.69) is 80.3 Å². The van der Waals surface area contributed by atoms with Crippen LogP contribution in [0.2, 0.25) is 0 Å². The van der Waals surface area contributed by atoms with Crippen molar-refractivity contribution in [3.05, 3.63) is 84.5 Å². The highest BCUT2D eigenvalue weighted by molar-refractivity contribution is 5.64. The van der Waals surface area contributed by atoms with E-state index in [1.165, 1.54) is 60.8 Å². The molecule has 0 N–H and O–H groups in total. The monoisotopic (exact) mass is 330 g/mol. The SMILES string of the molecule is C=CC1C=CC(c2ccc(-c3ccc(CCCCC)cc3)cc2)CC1. The van der Waals surface area contributed by atoms with Crippen molar-refractivity contribution in [3.8, 4) is 11.1 Å². The smallest absolute Gasteiger partial charge is 0.00185 e. The molecule has 25 heavy (non-hydrogen) atoms. The summed E-state index contributed by atoms with van der Waals surface area (Å²) in [7, 11) is 0. The van der Waals surface area contributed by atoms with Gasteiger partial charge in [0.2, 0.25) is 0 Å². The van der Waals surface area contributed by atoms with Gasteiger partial charge in [0.1, 0.15) is 0 Å².